The highest BCUT2D eigenvalue weighted by molar-refractivity contribution is 7.22. The van der Waals surface area contributed by atoms with Gasteiger partial charge in [-0.1, -0.05) is 55.8 Å². The molecule has 0 bridgehead atoms. The monoisotopic (exact) mass is 238 g/mol. The molecule has 0 amide bonds. The third-order valence-corrected chi connectivity index (χ3v) is 7.00. The Kier molecular flexibility index (Phi) is 5.13. The van der Waals surface area contributed by atoms with E-state index in [1.165, 1.54) is 18.4 Å². The van der Waals surface area contributed by atoms with Crippen molar-refractivity contribution in [2.45, 2.75) is 31.9 Å². The van der Waals surface area contributed by atoms with E-state index in [2.05, 4.69) is 37.8 Å². The van der Waals surface area contributed by atoms with Crippen LogP contribution in [-0.2, 0) is 6.04 Å². The van der Waals surface area contributed by atoms with Crippen LogP contribution in [-0.4, -0.2) is 7.38 Å². The Labute approximate surface area is 98.7 Å². The van der Waals surface area contributed by atoms with E-state index in [1.54, 1.807) is 0 Å². The summed E-state index contributed by atoms with van der Waals surface area (Å²) >= 11 is 6.66. The Morgan fingerprint density at radius 1 is 1.33 bits per heavy atom. The van der Waals surface area contributed by atoms with Crippen LogP contribution in [0.3, 0.4) is 0 Å². The topological polar surface area (TPSA) is 0 Å². The van der Waals surface area contributed by atoms with Gasteiger partial charge in [0.05, 0.1) is 0 Å². The standard InChI is InChI=1S/C13H19ClSi/c1-3-5-11-15(14,4-2)12-13-9-7-6-8-10-13/h4,6-10H,2-3,5,11-12H2,1H3. The van der Waals surface area contributed by atoms with Gasteiger partial charge in [-0.3, -0.25) is 0 Å². The molecule has 0 radical (unpaired) electrons. The highest BCUT2D eigenvalue weighted by Crippen LogP contribution is 2.24. The molecule has 0 heterocycles. The molecule has 0 aromatic heterocycles. The van der Waals surface area contributed by atoms with E-state index in [9.17, 15) is 0 Å². The van der Waals surface area contributed by atoms with E-state index >= 15 is 0 Å². The molecule has 1 rings (SSSR count). The SMILES string of the molecule is C=C[Si](Cl)(CCCC)Cc1ccccc1. The smallest absolute Gasteiger partial charge is 0.161 e. The summed E-state index contributed by atoms with van der Waals surface area (Å²) in [6.45, 7) is 6.12. The van der Waals surface area contributed by atoms with E-state index in [1.807, 2.05) is 11.8 Å². The van der Waals surface area contributed by atoms with Gasteiger partial charge < -0.3 is 0 Å². The maximum Gasteiger partial charge on any atom is 0.183 e. The first-order valence-electron chi connectivity index (χ1n) is 5.56. The largest absolute Gasteiger partial charge is 0.183 e. The van der Waals surface area contributed by atoms with E-state index < -0.39 is 7.38 Å². The van der Waals surface area contributed by atoms with Gasteiger partial charge in [0.2, 0.25) is 0 Å². The van der Waals surface area contributed by atoms with E-state index in [0.29, 0.717) is 0 Å². The van der Waals surface area contributed by atoms with Crippen LogP contribution in [0.15, 0.2) is 42.6 Å². The molecular formula is C13H19ClSi. The van der Waals surface area contributed by atoms with Gasteiger partial charge in [-0.05, 0) is 17.7 Å². The Morgan fingerprint density at radius 2 is 2.00 bits per heavy atom. The number of hydrogen-bond acceptors (Lipinski definition) is 0. The Balaban J connectivity index is 2.63. The van der Waals surface area contributed by atoms with Gasteiger partial charge in [-0.2, -0.15) is 11.1 Å². The molecule has 0 saturated carbocycles. The summed E-state index contributed by atoms with van der Waals surface area (Å²) in [6.07, 6.45) is 2.43. The van der Waals surface area contributed by atoms with Crippen molar-refractivity contribution >= 4 is 18.5 Å². The minimum Gasteiger partial charge on any atom is -0.161 e. The van der Waals surface area contributed by atoms with Crippen LogP contribution >= 0.6 is 11.1 Å². The summed E-state index contributed by atoms with van der Waals surface area (Å²) in [7, 11) is -1.75. The predicted octanol–water partition coefficient (Wildman–Crippen LogP) is 4.48. The number of hydrogen-bond donors (Lipinski definition) is 0. The average molecular weight is 239 g/mol. The lowest BCUT2D eigenvalue weighted by atomic mass is 10.2. The molecule has 15 heavy (non-hydrogen) atoms. The number of unbranched alkanes of at least 4 members (excludes halogenated alkanes) is 1. The zero-order valence-electron chi connectivity index (χ0n) is 9.38. The Hall–Kier alpha value is -0.533. The lowest BCUT2D eigenvalue weighted by molar-refractivity contribution is 0.870. The van der Waals surface area contributed by atoms with E-state index in [4.69, 9.17) is 11.1 Å². The van der Waals surface area contributed by atoms with Gasteiger partial charge in [-0.25, -0.2) is 0 Å². The second kappa shape index (κ2) is 6.14. The number of halogens is 1. The summed E-state index contributed by atoms with van der Waals surface area (Å²) in [4.78, 5) is 0. The minimum absolute atomic E-state index is 1.01. The molecule has 0 fully saturated rings. The highest BCUT2D eigenvalue weighted by Gasteiger charge is 2.26. The fourth-order valence-corrected chi connectivity index (χ4v) is 4.91. The number of rotatable bonds is 6. The normalized spacial score (nSPS) is 14.5. The van der Waals surface area contributed by atoms with Crippen LogP contribution in [0.5, 0.6) is 0 Å². The van der Waals surface area contributed by atoms with Crippen LogP contribution in [0.4, 0.5) is 0 Å². The van der Waals surface area contributed by atoms with E-state index in [0.717, 1.165) is 12.1 Å². The van der Waals surface area contributed by atoms with Gasteiger partial charge >= 0.3 is 0 Å². The molecule has 2 heteroatoms. The van der Waals surface area contributed by atoms with Gasteiger partial charge in [0.25, 0.3) is 0 Å². The van der Waals surface area contributed by atoms with Crippen molar-refractivity contribution in [1.29, 1.82) is 0 Å². The fraction of sp³-hybridized carbons (Fsp3) is 0.385. The summed E-state index contributed by atoms with van der Waals surface area (Å²) in [5.41, 5.74) is 3.37. The summed E-state index contributed by atoms with van der Waals surface area (Å²) in [5, 5.41) is 0. The maximum atomic E-state index is 6.66. The molecule has 1 unspecified atom stereocenters. The fourth-order valence-electron chi connectivity index (χ4n) is 1.67. The van der Waals surface area contributed by atoms with Crippen molar-refractivity contribution < 1.29 is 0 Å². The lowest BCUT2D eigenvalue weighted by Gasteiger charge is -2.20. The Bertz CT molecular complexity index is 297. The van der Waals surface area contributed by atoms with Crippen molar-refractivity contribution in [3.63, 3.8) is 0 Å². The van der Waals surface area contributed by atoms with Crippen molar-refractivity contribution in [1.82, 2.24) is 0 Å². The quantitative estimate of drug-likeness (QED) is 0.507. The summed E-state index contributed by atoms with van der Waals surface area (Å²) < 4.78 is 0. The molecule has 0 saturated heterocycles. The molecule has 0 spiro atoms. The van der Waals surface area contributed by atoms with Gasteiger partial charge in [0.1, 0.15) is 0 Å². The second-order valence-electron chi connectivity index (χ2n) is 4.00. The van der Waals surface area contributed by atoms with Gasteiger partial charge in [-0.15, -0.1) is 6.58 Å². The van der Waals surface area contributed by atoms with Crippen LogP contribution in [0.1, 0.15) is 25.3 Å². The van der Waals surface area contributed by atoms with Crippen molar-refractivity contribution in [2.24, 2.45) is 0 Å². The third-order valence-electron chi connectivity index (χ3n) is 2.65. The molecule has 0 N–H and O–H groups in total. The summed E-state index contributed by atoms with van der Waals surface area (Å²) in [5.74, 6) is 0. The summed E-state index contributed by atoms with van der Waals surface area (Å²) in [6, 6.07) is 12.6. The molecule has 0 aliphatic rings. The Morgan fingerprint density at radius 3 is 2.53 bits per heavy atom. The maximum absolute atomic E-state index is 6.66. The molecule has 82 valence electrons. The highest BCUT2D eigenvalue weighted by atomic mass is 35.6. The average Bonchev–Trinajstić information content (AvgIpc) is 2.28. The first-order valence-corrected chi connectivity index (χ1v) is 9.07. The number of benzene rings is 1. The van der Waals surface area contributed by atoms with Gasteiger partial charge in [0.15, 0.2) is 7.38 Å². The van der Waals surface area contributed by atoms with Gasteiger partial charge in [0, 0.05) is 0 Å². The first kappa shape index (κ1) is 12.5. The molecule has 0 aliphatic carbocycles. The third kappa shape index (κ3) is 4.23. The van der Waals surface area contributed by atoms with Crippen LogP contribution < -0.4 is 0 Å². The molecule has 1 aromatic carbocycles. The minimum atomic E-state index is -1.75. The van der Waals surface area contributed by atoms with Crippen molar-refractivity contribution in [3.05, 3.63) is 48.2 Å². The van der Waals surface area contributed by atoms with Crippen LogP contribution in [0.2, 0.25) is 6.04 Å². The molecular weight excluding hydrogens is 220 g/mol. The first-order chi connectivity index (χ1) is 7.20. The van der Waals surface area contributed by atoms with Crippen LogP contribution in [0, 0.1) is 0 Å². The molecule has 0 aliphatic heterocycles. The zero-order chi connectivity index (χ0) is 11.1. The molecule has 0 nitrogen and oxygen atoms in total. The van der Waals surface area contributed by atoms with Crippen molar-refractivity contribution in [2.75, 3.05) is 0 Å². The predicted molar refractivity (Wildman–Crippen MR) is 71.7 cm³/mol. The lowest BCUT2D eigenvalue weighted by Crippen LogP contribution is -2.28. The van der Waals surface area contributed by atoms with Crippen molar-refractivity contribution in [3.8, 4) is 0 Å². The molecule has 1 aromatic rings. The van der Waals surface area contributed by atoms with E-state index in [-0.39, 0.29) is 0 Å². The molecule has 1 atom stereocenters. The van der Waals surface area contributed by atoms with Crippen LogP contribution in [0.25, 0.3) is 0 Å². The zero-order valence-corrected chi connectivity index (χ0v) is 11.1. The second-order valence-corrected chi connectivity index (χ2v) is 9.59.